The van der Waals surface area contributed by atoms with E-state index >= 15 is 0 Å². The number of ether oxygens (including phenoxy) is 1. The highest BCUT2D eigenvalue weighted by molar-refractivity contribution is 5.96. The van der Waals surface area contributed by atoms with Crippen molar-refractivity contribution in [3.05, 3.63) is 83.7 Å². The van der Waals surface area contributed by atoms with Crippen LogP contribution in [0.2, 0.25) is 0 Å². The minimum atomic E-state index is -4.60. The van der Waals surface area contributed by atoms with Crippen LogP contribution in [0.4, 0.5) is 13.2 Å². The van der Waals surface area contributed by atoms with Crippen molar-refractivity contribution in [1.29, 1.82) is 0 Å². The predicted octanol–water partition coefficient (Wildman–Crippen LogP) is 7.15. The summed E-state index contributed by atoms with van der Waals surface area (Å²) >= 11 is 0. The lowest BCUT2D eigenvalue weighted by Crippen LogP contribution is -2.17. The maximum Gasteiger partial charge on any atom is 0.449 e. The first-order chi connectivity index (χ1) is 18.7. The third-order valence-corrected chi connectivity index (χ3v) is 6.67. The lowest BCUT2D eigenvalue weighted by atomic mass is 10.1. The van der Waals surface area contributed by atoms with Gasteiger partial charge in [0.15, 0.2) is 0 Å². The summed E-state index contributed by atoms with van der Waals surface area (Å²) in [5, 5.41) is 0. The highest BCUT2D eigenvalue weighted by Gasteiger charge is 2.38. The van der Waals surface area contributed by atoms with Crippen molar-refractivity contribution in [2.45, 2.75) is 46.0 Å². The number of benzene rings is 3. The Kier molecular flexibility index (Phi) is 7.16. The molecule has 0 atom stereocenters. The van der Waals surface area contributed by atoms with E-state index in [1.165, 1.54) is 17.2 Å². The van der Waals surface area contributed by atoms with Crippen LogP contribution >= 0.6 is 0 Å². The summed E-state index contributed by atoms with van der Waals surface area (Å²) < 4.78 is 50.3. The number of hydrogen-bond donors (Lipinski definition) is 0. The highest BCUT2D eigenvalue weighted by Crippen LogP contribution is 2.37. The molecule has 0 aliphatic rings. The van der Waals surface area contributed by atoms with E-state index < -0.39 is 18.0 Å². The quantitative estimate of drug-likeness (QED) is 0.198. The Labute approximate surface area is 224 Å². The van der Waals surface area contributed by atoms with Crippen molar-refractivity contribution in [2.24, 2.45) is 5.92 Å². The van der Waals surface area contributed by atoms with Crippen LogP contribution in [0.25, 0.3) is 33.5 Å². The molecule has 202 valence electrons. The van der Waals surface area contributed by atoms with E-state index in [4.69, 9.17) is 9.72 Å². The molecule has 0 N–H and O–H groups in total. The molecule has 39 heavy (non-hydrogen) atoms. The van der Waals surface area contributed by atoms with Crippen LogP contribution in [0.3, 0.4) is 0 Å². The van der Waals surface area contributed by atoms with Crippen LogP contribution in [0.1, 0.15) is 42.0 Å². The average molecular weight is 535 g/mol. The Morgan fingerprint density at radius 2 is 1.72 bits per heavy atom. The van der Waals surface area contributed by atoms with E-state index in [0.29, 0.717) is 34.5 Å². The van der Waals surface area contributed by atoms with Gasteiger partial charge in [0.1, 0.15) is 5.82 Å². The number of halogens is 3. The zero-order valence-electron chi connectivity index (χ0n) is 22.0. The SMILES string of the molecule is COC(=O)c1ccc2c(c1)nc(-c1cccc3nc(C(F)(F)F)n(CC(C)C)c13)n2CCCc1ccccc1. The average Bonchev–Trinajstić information content (AvgIpc) is 3.46. The first kappa shape index (κ1) is 26.5. The monoisotopic (exact) mass is 534 g/mol. The maximum atomic E-state index is 14.1. The summed E-state index contributed by atoms with van der Waals surface area (Å²) in [4.78, 5) is 21.0. The van der Waals surface area contributed by atoms with Gasteiger partial charge in [-0.05, 0) is 54.7 Å². The summed E-state index contributed by atoms with van der Waals surface area (Å²) in [6, 6.07) is 20.3. The van der Waals surface area contributed by atoms with Crippen molar-refractivity contribution in [3.8, 4) is 11.4 Å². The standard InChI is InChI=1S/C30H29F3N4O2/c1-19(2)18-37-26-22(12-7-13-23(26)35-29(37)30(31,32)33)27-34-24-17-21(28(38)39-3)14-15-25(24)36(27)16-8-11-20-9-5-4-6-10-20/h4-7,9-10,12-15,17,19H,8,11,16,18H2,1-3H3. The van der Waals surface area contributed by atoms with Gasteiger partial charge in [0.05, 0.1) is 34.7 Å². The highest BCUT2D eigenvalue weighted by atomic mass is 19.4. The Bertz CT molecular complexity index is 1640. The summed E-state index contributed by atoms with van der Waals surface area (Å²) in [7, 11) is 1.31. The second-order valence-corrected chi connectivity index (χ2v) is 9.98. The van der Waals surface area contributed by atoms with E-state index in [-0.39, 0.29) is 18.0 Å². The molecule has 9 heteroatoms. The molecule has 0 saturated carbocycles. The van der Waals surface area contributed by atoms with Crippen LogP contribution < -0.4 is 0 Å². The van der Waals surface area contributed by atoms with Crippen molar-refractivity contribution in [3.63, 3.8) is 0 Å². The number of carbonyl (C=O) groups is 1. The van der Waals surface area contributed by atoms with Gasteiger partial charge in [0.25, 0.3) is 0 Å². The molecular weight excluding hydrogens is 505 g/mol. The minimum absolute atomic E-state index is 0.0381. The number of para-hydroxylation sites is 1. The van der Waals surface area contributed by atoms with Crippen molar-refractivity contribution in [1.82, 2.24) is 19.1 Å². The molecule has 0 amide bonds. The molecule has 5 aromatic rings. The molecule has 0 spiro atoms. The molecule has 2 heterocycles. The number of hydrogen-bond acceptors (Lipinski definition) is 4. The summed E-state index contributed by atoms with van der Waals surface area (Å²) in [5.74, 6) is -0.907. The Morgan fingerprint density at radius 1 is 0.949 bits per heavy atom. The molecule has 0 unspecified atom stereocenters. The number of rotatable bonds is 8. The van der Waals surface area contributed by atoms with Gasteiger partial charge in [0, 0.05) is 18.7 Å². The number of imidazole rings is 2. The third-order valence-electron chi connectivity index (χ3n) is 6.67. The lowest BCUT2D eigenvalue weighted by molar-refractivity contribution is -0.147. The van der Waals surface area contributed by atoms with Gasteiger partial charge in [-0.2, -0.15) is 13.2 Å². The molecule has 5 rings (SSSR count). The van der Waals surface area contributed by atoms with Crippen molar-refractivity contribution < 1.29 is 22.7 Å². The molecule has 0 radical (unpaired) electrons. The minimum Gasteiger partial charge on any atom is -0.465 e. The molecule has 0 bridgehead atoms. The molecule has 0 fully saturated rings. The Hall–Kier alpha value is -4.14. The number of nitrogens with zero attached hydrogens (tertiary/aromatic N) is 4. The summed E-state index contributed by atoms with van der Waals surface area (Å²) in [6.45, 7) is 4.49. The molecule has 0 aliphatic heterocycles. The number of aromatic nitrogens is 4. The van der Waals surface area contributed by atoms with E-state index in [2.05, 4.69) is 17.1 Å². The Morgan fingerprint density at radius 3 is 2.41 bits per heavy atom. The van der Waals surface area contributed by atoms with Gasteiger partial charge >= 0.3 is 12.1 Å². The second kappa shape index (κ2) is 10.6. The normalized spacial score (nSPS) is 12.1. The van der Waals surface area contributed by atoms with Crippen molar-refractivity contribution >= 4 is 28.0 Å². The molecule has 0 saturated heterocycles. The molecular formula is C30H29F3N4O2. The van der Waals surface area contributed by atoms with Gasteiger partial charge in [-0.15, -0.1) is 0 Å². The van der Waals surface area contributed by atoms with E-state index in [0.717, 1.165) is 18.4 Å². The fraction of sp³-hybridized carbons (Fsp3) is 0.300. The first-order valence-electron chi connectivity index (χ1n) is 12.9. The molecule has 6 nitrogen and oxygen atoms in total. The topological polar surface area (TPSA) is 61.9 Å². The number of aryl methyl sites for hydroxylation is 2. The number of alkyl halides is 3. The van der Waals surface area contributed by atoms with Crippen LogP contribution in [-0.2, 0) is 30.4 Å². The van der Waals surface area contributed by atoms with Crippen LogP contribution in [-0.4, -0.2) is 32.2 Å². The van der Waals surface area contributed by atoms with Crippen LogP contribution in [0, 0.1) is 5.92 Å². The molecule has 0 aliphatic carbocycles. The maximum absolute atomic E-state index is 14.1. The lowest BCUT2D eigenvalue weighted by Gasteiger charge is -2.16. The van der Waals surface area contributed by atoms with Gasteiger partial charge in [-0.25, -0.2) is 14.8 Å². The second-order valence-electron chi connectivity index (χ2n) is 9.98. The van der Waals surface area contributed by atoms with Gasteiger partial charge < -0.3 is 13.9 Å². The number of esters is 1. The largest absolute Gasteiger partial charge is 0.465 e. The fourth-order valence-corrected chi connectivity index (χ4v) is 5.02. The summed E-state index contributed by atoms with van der Waals surface area (Å²) in [5.41, 5.74) is 4.12. The van der Waals surface area contributed by atoms with Gasteiger partial charge in [0.2, 0.25) is 5.82 Å². The number of fused-ring (bicyclic) bond motifs is 2. The number of methoxy groups -OCH3 is 1. The van der Waals surface area contributed by atoms with Crippen LogP contribution in [0.5, 0.6) is 0 Å². The smallest absolute Gasteiger partial charge is 0.449 e. The number of carbonyl (C=O) groups excluding carboxylic acids is 1. The summed E-state index contributed by atoms with van der Waals surface area (Å²) in [6.07, 6.45) is -2.99. The van der Waals surface area contributed by atoms with Crippen molar-refractivity contribution in [2.75, 3.05) is 7.11 Å². The van der Waals surface area contributed by atoms with E-state index in [1.54, 1.807) is 30.3 Å². The van der Waals surface area contributed by atoms with Gasteiger partial charge in [-0.3, -0.25) is 0 Å². The first-order valence-corrected chi connectivity index (χ1v) is 12.9. The van der Waals surface area contributed by atoms with E-state index in [1.807, 2.05) is 42.7 Å². The van der Waals surface area contributed by atoms with Gasteiger partial charge in [-0.1, -0.05) is 50.2 Å². The van der Waals surface area contributed by atoms with E-state index in [9.17, 15) is 18.0 Å². The zero-order valence-corrected chi connectivity index (χ0v) is 22.0. The predicted molar refractivity (Wildman–Crippen MR) is 144 cm³/mol. The molecule has 3 aromatic carbocycles. The Balaban J connectivity index is 1.69. The third kappa shape index (κ3) is 5.26. The molecule has 2 aromatic heterocycles. The van der Waals surface area contributed by atoms with Crippen LogP contribution in [0.15, 0.2) is 66.7 Å². The fourth-order valence-electron chi connectivity index (χ4n) is 5.02. The zero-order chi connectivity index (χ0) is 27.7.